The molecule has 8 rings (SSSR count). The largest absolute Gasteiger partial charge is 0.496 e. The van der Waals surface area contributed by atoms with E-state index in [0.717, 1.165) is 64.8 Å². The second-order valence-electron chi connectivity index (χ2n) is 16.6. The summed E-state index contributed by atoms with van der Waals surface area (Å²) >= 11 is 7.41. The molecule has 2 heterocycles. The summed E-state index contributed by atoms with van der Waals surface area (Å²) in [5.74, 6) is 3.66. The Morgan fingerprint density at radius 3 is 2.23 bits per heavy atom. The number of rotatable bonds is 14. The maximum Gasteiger partial charge on any atom is 0.494 e. The molecule has 1 aromatic heterocycles. The van der Waals surface area contributed by atoms with Gasteiger partial charge in [0.25, 0.3) is 0 Å². The number of hydrogen-bond acceptors (Lipinski definition) is 5. The number of aliphatic carboxylic acids is 1. The lowest BCUT2D eigenvalue weighted by molar-refractivity contribution is -0.699. The molecule has 5 aliphatic rings. The van der Waals surface area contributed by atoms with Crippen LogP contribution in [0.15, 0.2) is 66.4 Å². The van der Waals surface area contributed by atoms with Gasteiger partial charge in [0.1, 0.15) is 24.7 Å². The van der Waals surface area contributed by atoms with Gasteiger partial charge in [0.2, 0.25) is 5.69 Å². The first-order chi connectivity index (χ1) is 25.4. The first kappa shape index (κ1) is 37.7. The molecule has 0 unspecified atom stereocenters. The molecule has 0 radical (unpaired) electrons. The monoisotopic (exact) mass is 738 g/mol. The molecule has 1 aliphatic heterocycles. The average Bonchev–Trinajstić information content (AvgIpc) is 3.34. The van der Waals surface area contributed by atoms with E-state index in [1.54, 1.807) is 7.11 Å². The Hall–Kier alpha value is -3.59. The third kappa shape index (κ3) is 8.11. The zero-order valence-corrected chi connectivity index (χ0v) is 32.7. The zero-order valence-electron chi connectivity index (χ0n) is 31.9. The topological polar surface area (TPSA) is 78.1 Å². The van der Waals surface area contributed by atoms with Gasteiger partial charge < -0.3 is 23.9 Å². The van der Waals surface area contributed by atoms with Crippen LogP contribution in [0.4, 0.5) is 0 Å². The number of carboxylic acid groups (broad SMARTS) is 1. The van der Waals surface area contributed by atoms with Crippen molar-refractivity contribution in [1.82, 2.24) is 0 Å². The number of benzene rings is 2. The van der Waals surface area contributed by atoms with Crippen molar-refractivity contribution in [3.05, 3.63) is 93.8 Å². The third-order valence-corrected chi connectivity index (χ3v) is 12.8. The van der Waals surface area contributed by atoms with Crippen LogP contribution in [0.3, 0.4) is 0 Å². The predicted molar refractivity (Wildman–Crippen MR) is 211 cm³/mol. The Bertz CT molecular complexity index is 1820. The molecule has 53 heavy (non-hydrogen) atoms. The van der Waals surface area contributed by atoms with Crippen LogP contribution in [0.2, 0.25) is 5.02 Å². The molecule has 9 heteroatoms. The molecular formula is C44H54BClNO6+. The van der Waals surface area contributed by atoms with Crippen molar-refractivity contribution in [3.63, 3.8) is 0 Å². The molecule has 1 N–H and O–H groups in total. The lowest BCUT2D eigenvalue weighted by Gasteiger charge is -2.51. The van der Waals surface area contributed by atoms with Gasteiger partial charge in [0, 0.05) is 42.2 Å². The van der Waals surface area contributed by atoms with Gasteiger partial charge in [-0.15, -0.1) is 0 Å². The molecule has 4 bridgehead atoms. The van der Waals surface area contributed by atoms with Crippen LogP contribution < -0.4 is 14.8 Å². The minimum Gasteiger partial charge on any atom is -0.496 e. The minimum absolute atomic E-state index is 0.208. The van der Waals surface area contributed by atoms with E-state index >= 15 is 0 Å². The van der Waals surface area contributed by atoms with Gasteiger partial charge >= 0.3 is 13.1 Å². The van der Waals surface area contributed by atoms with E-state index in [9.17, 15) is 4.79 Å². The van der Waals surface area contributed by atoms with Gasteiger partial charge in [-0.25, -0.2) is 0 Å². The predicted octanol–water partition coefficient (Wildman–Crippen LogP) is 9.13. The van der Waals surface area contributed by atoms with Crippen molar-refractivity contribution in [2.24, 2.45) is 23.7 Å². The number of aryl methyl sites for hydroxylation is 1. The normalized spacial score (nSPS) is 23.9. The van der Waals surface area contributed by atoms with Crippen LogP contribution in [-0.2, 0) is 32.0 Å². The lowest BCUT2D eigenvalue weighted by Crippen LogP contribution is -2.41. The highest BCUT2D eigenvalue weighted by molar-refractivity contribution is 6.62. The number of aromatic nitrogens is 1. The standard InChI is InChI=1S/C44H53BClNO6/c1-43(2)44(3,4)53-45(52-43)35-17-13-29(14-18-35)28-51-41-32(15-19-36-11-8-10-22-47(36)21-9-6-7-12-38(48)49)16-20-37(40(41)46)42(50-5)39-33-24-30-23-31(26-33)27-34(39)25-30/h8,10-11,13-20,22,30-31,33-34H,6-7,9,12,21,23-28H2,1-5H3/p+1/b19-15+,42-39?. The third-order valence-electron chi connectivity index (χ3n) is 12.4. The summed E-state index contributed by atoms with van der Waals surface area (Å²) in [6, 6.07) is 18.6. The highest BCUT2D eigenvalue weighted by Gasteiger charge is 2.51. The van der Waals surface area contributed by atoms with Crippen LogP contribution in [0.1, 0.15) is 108 Å². The molecule has 3 aromatic rings. The van der Waals surface area contributed by atoms with Crippen molar-refractivity contribution >= 4 is 48.1 Å². The van der Waals surface area contributed by atoms with E-state index in [1.807, 2.05) is 12.1 Å². The fourth-order valence-electron chi connectivity index (χ4n) is 9.13. The summed E-state index contributed by atoms with van der Waals surface area (Å²) in [6.07, 6.45) is 15.3. The number of halogens is 1. The SMILES string of the molecule is COC(=C1C2CC3CC(C2)CC1C3)c1ccc(/C=C/c2cccc[n+]2CCCCCC(=O)O)c(OCc2ccc(B3OC(C)(C)C(C)(C)O3)cc2)c1Cl. The van der Waals surface area contributed by atoms with Gasteiger partial charge in [0.15, 0.2) is 6.20 Å². The van der Waals surface area contributed by atoms with Crippen molar-refractivity contribution in [3.8, 4) is 5.75 Å². The summed E-state index contributed by atoms with van der Waals surface area (Å²) in [7, 11) is 1.36. The van der Waals surface area contributed by atoms with E-state index in [4.69, 9.17) is 35.5 Å². The van der Waals surface area contributed by atoms with Crippen molar-refractivity contribution in [2.75, 3.05) is 7.11 Å². The van der Waals surface area contributed by atoms with Crippen LogP contribution in [0.25, 0.3) is 17.9 Å². The number of allylic oxidation sites excluding steroid dienone is 1. The Kier molecular flexibility index (Phi) is 11.1. The second-order valence-corrected chi connectivity index (χ2v) is 17.0. The zero-order chi connectivity index (χ0) is 37.3. The number of carboxylic acids is 1. The van der Waals surface area contributed by atoms with E-state index in [-0.39, 0.29) is 6.42 Å². The summed E-state index contributed by atoms with van der Waals surface area (Å²) in [5, 5.41) is 9.57. The average molecular weight is 739 g/mol. The molecule has 0 spiro atoms. The highest BCUT2D eigenvalue weighted by Crippen LogP contribution is 2.58. The smallest absolute Gasteiger partial charge is 0.494 e. The van der Waals surface area contributed by atoms with Gasteiger partial charge in [-0.05, 0) is 131 Å². The van der Waals surface area contributed by atoms with Crippen LogP contribution >= 0.6 is 11.6 Å². The van der Waals surface area contributed by atoms with Crippen molar-refractivity contribution in [1.29, 1.82) is 0 Å². The van der Waals surface area contributed by atoms with Crippen LogP contribution in [0.5, 0.6) is 5.75 Å². The first-order valence-corrected chi connectivity index (χ1v) is 19.9. The molecule has 5 fully saturated rings. The molecule has 2 aromatic carbocycles. The number of pyridine rings is 1. The fourth-order valence-corrected chi connectivity index (χ4v) is 9.44. The van der Waals surface area contributed by atoms with E-state index in [1.165, 1.54) is 37.7 Å². The van der Waals surface area contributed by atoms with Gasteiger partial charge in [-0.2, -0.15) is 4.57 Å². The highest BCUT2D eigenvalue weighted by atomic mass is 35.5. The first-order valence-electron chi connectivity index (χ1n) is 19.5. The summed E-state index contributed by atoms with van der Waals surface area (Å²) in [5.41, 5.74) is 5.47. The van der Waals surface area contributed by atoms with Gasteiger partial charge in [-0.3, -0.25) is 4.79 Å². The Morgan fingerprint density at radius 2 is 1.58 bits per heavy atom. The number of hydrogen-bond donors (Lipinski definition) is 1. The maximum atomic E-state index is 10.9. The molecule has 4 aliphatic carbocycles. The Balaban J connectivity index is 1.16. The molecule has 280 valence electrons. The molecule has 0 amide bonds. The molecule has 1 saturated heterocycles. The minimum atomic E-state index is -0.742. The molecule has 4 saturated carbocycles. The van der Waals surface area contributed by atoms with Crippen LogP contribution in [0, 0.1) is 23.7 Å². The van der Waals surface area contributed by atoms with E-state index < -0.39 is 24.3 Å². The molecule has 0 atom stereocenters. The quantitative estimate of drug-likeness (QED) is 0.0770. The summed E-state index contributed by atoms with van der Waals surface area (Å²) < 4.78 is 27.7. The molecule has 7 nitrogen and oxygen atoms in total. The van der Waals surface area contributed by atoms with Crippen molar-refractivity contribution < 1.29 is 33.3 Å². The fraction of sp³-hybridized carbons (Fsp3) is 0.500. The van der Waals surface area contributed by atoms with E-state index in [0.29, 0.717) is 35.6 Å². The lowest BCUT2D eigenvalue weighted by atomic mass is 9.54. The number of ether oxygens (including phenoxy) is 2. The van der Waals surface area contributed by atoms with Gasteiger partial charge in [-0.1, -0.05) is 41.9 Å². The summed E-state index contributed by atoms with van der Waals surface area (Å²) in [4.78, 5) is 10.9. The number of nitrogens with zero attached hydrogens (tertiary/aromatic N) is 1. The maximum absolute atomic E-state index is 10.9. The van der Waals surface area contributed by atoms with E-state index in [2.05, 4.69) is 93.1 Å². The Labute approximate surface area is 320 Å². The van der Waals surface area contributed by atoms with Crippen LogP contribution in [-0.4, -0.2) is 36.5 Å². The van der Waals surface area contributed by atoms with Gasteiger partial charge in [0.05, 0.1) is 23.3 Å². The van der Waals surface area contributed by atoms with Crippen molar-refractivity contribution in [2.45, 2.75) is 110 Å². The number of carbonyl (C=O) groups is 1. The number of unbranched alkanes of at least 4 members (excludes halogenated alkanes) is 2. The Morgan fingerprint density at radius 1 is 0.906 bits per heavy atom. The number of methoxy groups -OCH3 is 1. The molecular weight excluding hydrogens is 685 g/mol. The second kappa shape index (κ2) is 15.6. The summed E-state index contributed by atoms with van der Waals surface area (Å²) in [6.45, 7) is 9.40.